The fourth-order valence-electron chi connectivity index (χ4n) is 2.08. The number of hydrogen-bond donors (Lipinski definition) is 1. The van der Waals surface area contributed by atoms with Gasteiger partial charge in [-0.1, -0.05) is 11.6 Å². The van der Waals surface area contributed by atoms with Gasteiger partial charge in [0.1, 0.15) is 16.6 Å². The molecule has 2 heterocycles. The van der Waals surface area contributed by atoms with Gasteiger partial charge in [0.2, 0.25) is 0 Å². The van der Waals surface area contributed by atoms with Crippen LogP contribution >= 0.6 is 11.6 Å². The minimum Gasteiger partial charge on any atom is -0.306 e. The first-order valence-corrected chi connectivity index (χ1v) is 5.92. The summed E-state index contributed by atoms with van der Waals surface area (Å²) in [6, 6.07) is 3.85. The monoisotopic (exact) mass is 260 g/mol. The van der Waals surface area contributed by atoms with E-state index in [9.17, 15) is 4.79 Å². The Labute approximate surface area is 107 Å². The molecule has 0 spiro atoms. The second-order valence-electron chi connectivity index (χ2n) is 4.53. The molecule has 2 aromatic heterocycles. The van der Waals surface area contributed by atoms with Crippen LogP contribution in [0.25, 0.3) is 11.0 Å². The van der Waals surface area contributed by atoms with Gasteiger partial charge in [-0.15, -0.1) is 0 Å². The van der Waals surface area contributed by atoms with Crippen molar-refractivity contribution in [1.82, 2.24) is 15.0 Å². The molecule has 3 rings (SSSR count). The minimum absolute atomic E-state index is 0.268. The zero-order valence-electron chi connectivity index (χ0n) is 9.62. The van der Waals surface area contributed by atoms with Crippen molar-refractivity contribution in [2.45, 2.75) is 25.2 Å². The van der Waals surface area contributed by atoms with E-state index in [1.165, 1.54) is 0 Å². The predicted molar refractivity (Wildman–Crippen MR) is 66.4 cm³/mol. The molecule has 0 atom stereocenters. The van der Waals surface area contributed by atoms with Crippen LogP contribution in [0.2, 0.25) is 5.15 Å². The van der Waals surface area contributed by atoms with Crippen LogP contribution in [0, 0.1) is 18.3 Å². The lowest BCUT2D eigenvalue weighted by atomic mass is 9.98. The van der Waals surface area contributed by atoms with Crippen LogP contribution in [-0.2, 0) is 5.41 Å². The Balaban J connectivity index is 2.35. The Morgan fingerprint density at radius 2 is 2.22 bits per heavy atom. The molecule has 5 nitrogen and oxygen atoms in total. The molecule has 0 radical (unpaired) electrons. The highest BCUT2D eigenvalue weighted by Crippen LogP contribution is 2.46. The first kappa shape index (κ1) is 11.2. The van der Waals surface area contributed by atoms with Crippen molar-refractivity contribution in [3.05, 3.63) is 33.0 Å². The van der Waals surface area contributed by atoms with E-state index in [1.807, 2.05) is 0 Å². The zero-order valence-corrected chi connectivity index (χ0v) is 10.4. The molecule has 2 aromatic rings. The third kappa shape index (κ3) is 1.50. The Morgan fingerprint density at radius 3 is 2.83 bits per heavy atom. The zero-order chi connectivity index (χ0) is 12.9. The van der Waals surface area contributed by atoms with E-state index >= 15 is 0 Å². The summed E-state index contributed by atoms with van der Waals surface area (Å²) in [5, 5.41) is 10.0. The number of aryl methyl sites for hydroxylation is 1. The van der Waals surface area contributed by atoms with Crippen molar-refractivity contribution in [3.8, 4) is 6.07 Å². The molecule has 1 N–H and O–H groups in total. The van der Waals surface area contributed by atoms with Crippen molar-refractivity contribution in [2.24, 2.45) is 0 Å². The third-order valence-corrected chi connectivity index (χ3v) is 3.54. The number of fused-ring (bicyclic) bond motifs is 1. The molecule has 0 amide bonds. The highest BCUT2D eigenvalue weighted by Gasteiger charge is 2.47. The van der Waals surface area contributed by atoms with E-state index < -0.39 is 5.41 Å². The van der Waals surface area contributed by atoms with Gasteiger partial charge in [-0.25, -0.2) is 9.97 Å². The van der Waals surface area contributed by atoms with Crippen LogP contribution in [0.3, 0.4) is 0 Å². The molecule has 0 saturated heterocycles. The summed E-state index contributed by atoms with van der Waals surface area (Å²) in [6.45, 7) is 1.70. The molecular formula is C12H9ClN4O. The number of hydrogen-bond acceptors (Lipinski definition) is 4. The highest BCUT2D eigenvalue weighted by atomic mass is 35.5. The minimum atomic E-state index is -0.643. The number of pyridine rings is 1. The van der Waals surface area contributed by atoms with E-state index in [1.54, 1.807) is 13.0 Å². The lowest BCUT2D eigenvalue weighted by Gasteiger charge is -2.07. The maximum absolute atomic E-state index is 12.0. The van der Waals surface area contributed by atoms with Crippen molar-refractivity contribution in [1.29, 1.82) is 5.26 Å². The number of H-pyrrole nitrogens is 1. The molecule has 6 heteroatoms. The third-order valence-electron chi connectivity index (χ3n) is 3.26. The van der Waals surface area contributed by atoms with E-state index in [0.29, 0.717) is 40.4 Å². The van der Waals surface area contributed by atoms with E-state index in [0.717, 1.165) is 0 Å². The first-order valence-electron chi connectivity index (χ1n) is 5.55. The molecule has 0 bridgehead atoms. The number of nitriles is 1. The van der Waals surface area contributed by atoms with Crippen LogP contribution in [0.1, 0.15) is 24.2 Å². The molecule has 18 heavy (non-hydrogen) atoms. The van der Waals surface area contributed by atoms with E-state index in [2.05, 4.69) is 21.0 Å². The molecular weight excluding hydrogens is 252 g/mol. The fourth-order valence-corrected chi connectivity index (χ4v) is 2.34. The van der Waals surface area contributed by atoms with Gasteiger partial charge in [-0.3, -0.25) is 4.79 Å². The molecule has 1 aliphatic carbocycles. The number of halogens is 1. The Hall–Kier alpha value is -1.93. The largest absolute Gasteiger partial charge is 0.306 e. The Morgan fingerprint density at radius 1 is 1.50 bits per heavy atom. The first-order chi connectivity index (χ1) is 8.55. The van der Waals surface area contributed by atoms with Gasteiger partial charge in [0.05, 0.1) is 16.9 Å². The predicted octanol–water partition coefficient (Wildman–Crippen LogP) is 1.84. The number of nitrogens with one attached hydrogen (secondary N) is 1. The average Bonchev–Trinajstić information content (AvgIpc) is 3.08. The standard InChI is InChI=1S/C12H9ClN4O/c1-6-15-9(13)7-4-8(12(5-14)2-3-12)11(18)17-10(7)16-6/h4H,2-3H2,1H3,(H,15,16,17,18). The molecule has 1 fully saturated rings. The number of aromatic nitrogens is 3. The van der Waals surface area contributed by atoms with Crippen molar-refractivity contribution < 1.29 is 0 Å². The van der Waals surface area contributed by atoms with Gasteiger partial charge >= 0.3 is 0 Å². The van der Waals surface area contributed by atoms with Crippen LogP contribution in [0.5, 0.6) is 0 Å². The number of nitrogens with zero attached hydrogens (tertiary/aromatic N) is 3. The summed E-state index contributed by atoms with van der Waals surface area (Å²) < 4.78 is 0. The van der Waals surface area contributed by atoms with Gasteiger partial charge in [0.25, 0.3) is 5.56 Å². The Bertz CT molecular complexity index is 755. The van der Waals surface area contributed by atoms with Crippen molar-refractivity contribution >= 4 is 22.6 Å². The lowest BCUT2D eigenvalue weighted by Crippen LogP contribution is -2.20. The van der Waals surface area contributed by atoms with E-state index in [4.69, 9.17) is 16.9 Å². The van der Waals surface area contributed by atoms with Crippen LogP contribution in [0.15, 0.2) is 10.9 Å². The van der Waals surface area contributed by atoms with Gasteiger partial charge in [0, 0.05) is 5.56 Å². The van der Waals surface area contributed by atoms with Gasteiger partial charge < -0.3 is 4.98 Å². The quantitative estimate of drug-likeness (QED) is 0.793. The molecule has 0 unspecified atom stereocenters. The van der Waals surface area contributed by atoms with Gasteiger partial charge in [-0.2, -0.15) is 5.26 Å². The average molecular weight is 261 g/mol. The molecule has 0 aliphatic heterocycles. The van der Waals surface area contributed by atoms with Crippen LogP contribution in [-0.4, -0.2) is 15.0 Å². The summed E-state index contributed by atoms with van der Waals surface area (Å²) in [5.41, 5.74) is -0.0340. The van der Waals surface area contributed by atoms with Gasteiger partial charge in [-0.05, 0) is 25.8 Å². The van der Waals surface area contributed by atoms with Crippen molar-refractivity contribution in [3.63, 3.8) is 0 Å². The maximum atomic E-state index is 12.0. The maximum Gasteiger partial charge on any atom is 0.254 e. The molecule has 0 aromatic carbocycles. The summed E-state index contributed by atoms with van der Waals surface area (Å²) in [7, 11) is 0. The number of aromatic amines is 1. The lowest BCUT2D eigenvalue weighted by molar-refractivity contribution is 0.882. The fraction of sp³-hybridized carbons (Fsp3) is 0.333. The topological polar surface area (TPSA) is 82.4 Å². The normalized spacial score (nSPS) is 16.5. The van der Waals surface area contributed by atoms with Crippen molar-refractivity contribution in [2.75, 3.05) is 0 Å². The molecule has 90 valence electrons. The Kier molecular flexibility index (Phi) is 2.19. The SMILES string of the molecule is Cc1nc(Cl)c2cc(C3(C#N)CC3)c(=O)[nH]c2n1. The number of rotatable bonds is 1. The summed E-state index contributed by atoms with van der Waals surface area (Å²) in [5.74, 6) is 0.498. The second-order valence-corrected chi connectivity index (χ2v) is 4.89. The van der Waals surface area contributed by atoms with Gasteiger partial charge in [0.15, 0.2) is 0 Å². The molecule has 1 saturated carbocycles. The van der Waals surface area contributed by atoms with E-state index in [-0.39, 0.29) is 5.56 Å². The summed E-state index contributed by atoms with van der Waals surface area (Å²) in [6.07, 6.45) is 1.42. The van der Waals surface area contributed by atoms with Crippen LogP contribution < -0.4 is 5.56 Å². The van der Waals surface area contributed by atoms with Crippen LogP contribution in [0.4, 0.5) is 0 Å². The molecule has 1 aliphatic rings. The summed E-state index contributed by atoms with van der Waals surface area (Å²) >= 11 is 6.04. The second kappa shape index (κ2) is 3.53. The smallest absolute Gasteiger partial charge is 0.254 e. The highest BCUT2D eigenvalue weighted by molar-refractivity contribution is 6.33. The summed E-state index contributed by atoms with van der Waals surface area (Å²) in [4.78, 5) is 22.9.